The van der Waals surface area contributed by atoms with E-state index in [0.717, 1.165) is 23.3 Å². The lowest BCUT2D eigenvalue weighted by atomic mass is 10.1. The van der Waals surface area contributed by atoms with Gasteiger partial charge in [0, 0.05) is 18.7 Å². The molecular weight excluding hydrogens is 398 g/mol. The van der Waals surface area contributed by atoms with Crippen LogP contribution in [-0.2, 0) is 11.3 Å². The smallest absolute Gasteiger partial charge is 0.282 e. The lowest BCUT2D eigenvalue weighted by molar-refractivity contribution is -0.385. The van der Waals surface area contributed by atoms with Gasteiger partial charge in [0.25, 0.3) is 17.5 Å². The molecule has 8 heteroatoms. The Labute approximate surface area is 179 Å². The SMILES string of the molecule is CC(C1CC1)N(Cc1ccccc1)C(=O)C(C)N1C(=O)c2cccc([N+](=O)[O-])c2C1=O. The summed E-state index contributed by atoms with van der Waals surface area (Å²) >= 11 is 0. The molecule has 8 nitrogen and oxygen atoms in total. The Morgan fingerprint density at radius 3 is 2.39 bits per heavy atom. The van der Waals surface area contributed by atoms with Gasteiger partial charge in [-0.2, -0.15) is 0 Å². The van der Waals surface area contributed by atoms with Gasteiger partial charge in [0.05, 0.1) is 10.5 Å². The Morgan fingerprint density at radius 1 is 1.10 bits per heavy atom. The third kappa shape index (κ3) is 3.69. The van der Waals surface area contributed by atoms with E-state index in [1.165, 1.54) is 25.1 Å². The molecule has 1 saturated carbocycles. The zero-order valence-electron chi connectivity index (χ0n) is 17.4. The molecule has 160 valence electrons. The number of benzene rings is 2. The van der Waals surface area contributed by atoms with Crippen molar-refractivity contribution in [3.63, 3.8) is 0 Å². The summed E-state index contributed by atoms with van der Waals surface area (Å²) in [5, 5.41) is 11.4. The van der Waals surface area contributed by atoms with Crippen LogP contribution in [0, 0.1) is 16.0 Å². The van der Waals surface area contributed by atoms with Gasteiger partial charge >= 0.3 is 0 Å². The van der Waals surface area contributed by atoms with Crippen LogP contribution >= 0.6 is 0 Å². The van der Waals surface area contributed by atoms with Gasteiger partial charge in [-0.3, -0.25) is 29.4 Å². The van der Waals surface area contributed by atoms with Crippen molar-refractivity contribution in [1.29, 1.82) is 0 Å². The Morgan fingerprint density at radius 2 is 1.77 bits per heavy atom. The second kappa shape index (κ2) is 7.94. The van der Waals surface area contributed by atoms with Crippen LogP contribution in [0.25, 0.3) is 0 Å². The van der Waals surface area contributed by atoms with E-state index in [1.54, 1.807) is 4.90 Å². The van der Waals surface area contributed by atoms with Gasteiger partial charge in [-0.1, -0.05) is 36.4 Å². The molecule has 1 fully saturated rings. The van der Waals surface area contributed by atoms with Crippen LogP contribution in [0.2, 0.25) is 0 Å². The second-order valence-corrected chi connectivity index (χ2v) is 8.14. The van der Waals surface area contributed by atoms with Crippen molar-refractivity contribution in [2.24, 2.45) is 5.92 Å². The minimum atomic E-state index is -1.07. The second-order valence-electron chi connectivity index (χ2n) is 8.14. The van der Waals surface area contributed by atoms with Crippen molar-refractivity contribution in [3.05, 3.63) is 75.3 Å². The summed E-state index contributed by atoms with van der Waals surface area (Å²) in [6.07, 6.45) is 2.07. The predicted molar refractivity (Wildman–Crippen MR) is 112 cm³/mol. The van der Waals surface area contributed by atoms with Gasteiger partial charge < -0.3 is 4.90 Å². The van der Waals surface area contributed by atoms with Gasteiger partial charge in [-0.15, -0.1) is 0 Å². The number of hydrogen-bond acceptors (Lipinski definition) is 5. The molecule has 1 aliphatic heterocycles. The van der Waals surface area contributed by atoms with Gasteiger partial charge in [0.2, 0.25) is 5.91 Å². The topological polar surface area (TPSA) is 101 Å². The Hall–Kier alpha value is -3.55. The number of amides is 3. The Balaban J connectivity index is 1.64. The zero-order valence-corrected chi connectivity index (χ0v) is 17.4. The lowest BCUT2D eigenvalue weighted by Gasteiger charge is -2.34. The number of nitrogens with zero attached hydrogens (tertiary/aromatic N) is 3. The number of nitro benzene ring substituents is 1. The molecule has 2 unspecified atom stereocenters. The van der Waals surface area contributed by atoms with Gasteiger partial charge in [0.1, 0.15) is 11.6 Å². The third-order valence-electron chi connectivity index (χ3n) is 6.14. The lowest BCUT2D eigenvalue weighted by Crippen LogP contribution is -2.52. The largest absolute Gasteiger partial charge is 0.334 e. The summed E-state index contributed by atoms with van der Waals surface area (Å²) in [4.78, 5) is 52.7. The molecule has 0 bridgehead atoms. The molecule has 3 amide bonds. The van der Waals surface area contributed by atoms with Crippen LogP contribution in [0.1, 0.15) is 53.0 Å². The molecule has 0 N–H and O–H groups in total. The minimum absolute atomic E-state index is 0.0382. The molecule has 1 aliphatic carbocycles. The highest BCUT2D eigenvalue weighted by molar-refractivity contribution is 6.24. The highest BCUT2D eigenvalue weighted by atomic mass is 16.6. The number of rotatable bonds is 7. The van der Waals surface area contributed by atoms with Gasteiger partial charge in [0.15, 0.2) is 0 Å². The van der Waals surface area contributed by atoms with Crippen molar-refractivity contribution in [3.8, 4) is 0 Å². The van der Waals surface area contributed by atoms with Crippen LogP contribution in [0.4, 0.5) is 5.69 Å². The first-order valence-electron chi connectivity index (χ1n) is 10.3. The van der Waals surface area contributed by atoms with E-state index in [-0.39, 0.29) is 23.1 Å². The maximum Gasteiger partial charge on any atom is 0.282 e. The van der Waals surface area contributed by atoms with Crippen LogP contribution in [0.5, 0.6) is 0 Å². The minimum Gasteiger partial charge on any atom is -0.334 e. The van der Waals surface area contributed by atoms with E-state index in [1.807, 2.05) is 37.3 Å². The first-order valence-corrected chi connectivity index (χ1v) is 10.3. The summed E-state index contributed by atoms with van der Waals surface area (Å²) in [6.45, 7) is 3.86. The van der Waals surface area contributed by atoms with E-state index >= 15 is 0 Å². The molecule has 2 aliphatic rings. The number of hydrogen-bond donors (Lipinski definition) is 0. The first-order chi connectivity index (χ1) is 14.8. The molecule has 31 heavy (non-hydrogen) atoms. The molecule has 2 atom stereocenters. The van der Waals surface area contributed by atoms with E-state index in [0.29, 0.717) is 12.5 Å². The molecule has 0 radical (unpaired) electrons. The summed E-state index contributed by atoms with van der Waals surface area (Å²) < 4.78 is 0. The van der Waals surface area contributed by atoms with Crippen LogP contribution < -0.4 is 0 Å². The van der Waals surface area contributed by atoms with Crippen molar-refractivity contribution in [2.45, 2.75) is 45.3 Å². The van der Waals surface area contributed by atoms with E-state index in [9.17, 15) is 24.5 Å². The van der Waals surface area contributed by atoms with E-state index in [4.69, 9.17) is 0 Å². The molecule has 2 aromatic rings. The predicted octanol–water partition coefficient (Wildman–Crippen LogP) is 3.41. The fourth-order valence-corrected chi connectivity index (χ4v) is 4.18. The van der Waals surface area contributed by atoms with Gasteiger partial charge in [-0.05, 0) is 44.2 Å². The standard InChI is InChI=1S/C23H23N3O5/c1-14(17-11-12-17)24(13-16-7-4-3-5-8-16)21(27)15(2)25-22(28)18-9-6-10-19(26(30)31)20(18)23(25)29/h3-10,14-15,17H,11-13H2,1-2H3. The van der Waals surface area contributed by atoms with Crippen molar-refractivity contribution in [1.82, 2.24) is 9.80 Å². The highest BCUT2D eigenvalue weighted by Gasteiger charge is 2.46. The molecule has 0 aromatic heterocycles. The number of nitro groups is 1. The molecule has 4 rings (SSSR count). The van der Waals surface area contributed by atoms with Crippen LogP contribution in [-0.4, -0.2) is 44.5 Å². The van der Waals surface area contributed by atoms with Crippen LogP contribution in [0.3, 0.4) is 0 Å². The summed E-state index contributed by atoms with van der Waals surface area (Å²) in [6, 6.07) is 12.4. The van der Waals surface area contributed by atoms with E-state index in [2.05, 4.69) is 0 Å². The molecular formula is C23H23N3O5. The van der Waals surface area contributed by atoms with Crippen molar-refractivity contribution < 1.29 is 19.3 Å². The molecule has 2 aromatic carbocycles. The monoisotopic (exact) mass is 421 g/mol. The third-order valence-corrected chi connectivity index (χ3v) is 6.14. The molecule has 1 heterocycles. The quantitative estimate of drug-likeness (QED) is 0.387. The first kappa shape index (κ1) is 20.7. The maximum absolute atomic E-state index is 13.5. The summed E-state index contributed by atoms with van der Waals surface area (Å²) in [5.41, 5.74) is 0.240. The number of fused-ring (bicyclic) bond motifs is 1. The Kier molecular flexibility index (Phi) is 5.31. The van der Waals surface area contributed by atoms with E-state index < -0.39 is 28.5 Å². The number of imide groups is 1. The fraction of sp³-hybridized carbons (Fsp3) is 0.348. The van der Waals surface area contributed by atoms with Crippen LogP contribution in [0.15, 0.2) is 48.5 Å². The van der Waals surface area contributed by atoms with Crippen molar-refractivity contribution in [2.75, 3.05) is 0 Å². The summed E-state index contributed by atoms with van der Waals surface area (Å²) in [7, 11) is 0. The average molecular weight is 421 g/mol. The number of carbonyl (C=O) groups excluding carboxylic acids is 3. The summed E-state index contributed by atoms with van der Waals surface area (Å²) in [5.74, 6) is -1.43. The van der Waals surface area contributed by atoms with Crippen molar-refractivity contribution >= 4 is 23.4 Å². The molecule has 0 spiro atoms. The van der Waals surface area contributed by atoms with Gasteiger partial charge in [-0.25, -0.2) is 0 Å². The Bertz CT molecular complexity index is 1060. The normalized spacial score (nSPS) is 17.3. The maximum atomic E-state index is 13.5. The number of carbonyl (C=O) groups is 3. The zero-order chi connectivity index (χ0) is 22.3. The molecule has 0 saturated heterocycles. The fourth-order valence-electron chi connectivity index (χ4n) is 4.18. The average Bonchev–Trinajstić information content (AvgIpc) is 3.58. The highest BCUT2D eigenvalue weighted by Crippen LogP contribution is 2.37.